The molecule has 0 saturated carbocycles. The second kappa shape index (κ2) is 30.6. The standard InChI is InChI=1S/C34H25NO2.C33H25NO4.C30H28O3/c1-23-8-7-13-33(30(23)22-35)37-27-20-16-25(17-21-27)34(24-14-18-26(36-2)19-15-24)31-11-5-3-9-28(31)29-10-4-6-12-32(29)34;1-22-11-20-32(31(21-22)34(35)36)38-26-18-14-24(15-19-26)33(23-12-16-25(37-2)17-13-23)29-9-5-3-7-27(29)28-8-4-6-10-30(28)33;1-21-5-7-22(8-6-21)29(31)23-9-15-27(16-10-23)33-28-19-13-25(14-20-28)30(2,3)24-11-17-26(32-4)18-12-24/h3-21H,1-2H3;3-21H,1-2H3;5-20H,1-4H3. The molecule has 0 spiro atoms. The molecule has 0 aliphatic heterocycles. The molecule has 2 aliphatic rings. The third-order valence-corrected chi connectivity index (χ3v) is 20.7. The molecule has 14 aromatic carbocycles. The zero-order valence-electron chi connectivity index (χ0n) is 61.2. The molecule has 0 fully saturated rings. The minimum atomic E-state index is -0.548. The lowest BCUT2D eigenvalue weighted by molar-refractivity contribution is -0.385. The Morgan fingerprint density at radius 3 is 1.07 bits per heavy atom. The molecular weight excluding hydrogens is 1340 g/mol. The van der Waals surface area contributed by atoms with Crippen LogP contribution in [0.5, 0.6) is 51.7 Å². The fourth-order valence-corrected chi connectivity index (χ4v) is 15.1. The number of rotatable bonds is 18. The van der Waals surface area contributed by atoms with Gasteiger partial charge in [-0.25, -0.2) is 0 Å². The van der Waals surface area contributed by atoms with Crippen LogP contribution in [0.3, 0.4) is 0 Å². The number of ether oxygens (including phenoxy) is 6. The van der Waals surface area contributed by atoms with Gasteiger partial charge in [-0.15, -0.1) is 0 Å². The molecule has 530 valence electrons. The van der Waals surface area contributed by atoms with Crippen molar-refractivity contribution in [3.8, 4) is 80.1 Å². The van der Waals surface area contributed by atoms with Crippen molar-refractivity contribution in [3.63, 3.8) is 0 Å². The molecule has 0 aromatic heterocycles. The lowest BCUT2D eigenvalue weighted by Gasteiger charge is -2.34. The number of nitriles is 1. The summed E-state index contributed by atoms with van der Waals surface area (Å²) in [5, 5.41) is 21.2. The van der Waals surface area contributed by atoms with E-state index in [0.717, 1.165) is 56.4 Å². The van der Waals surface area contributed by atoms with Crippen LogP contribution in [0.15, 0.2) is 328 Å². The van der Waals surface area contributed by atoms with Gasteiger partial charge in [-0.2, -0.15) is 5.26 Å². The van der Waals surface area contributed by atoms with Gasteiger partial charge in [0, 0.05) is 22.6 Å². The number of carbonyl (C=O) groups excluding carboxylic acids is 1. The largest absolute Gasteiger partial charge is 0.497 e. The maximum atomic E-state index is 12.7. The van der Waals surface area contributed by atoms with Crippen LogP contribution in [0.25, 0.3) is 22.3 Å². The first-order chi connectivity index (χ1) is 52.5. The molecule has 0 atom stereocenters. The molecule has 2 aliphatic carbocycles. The number of hydrogen-bond acceptors (Lipinski definition) is 10. The lowest BCUT2D eigenvalue weighted by Crippen LogP contribution is -2.28. The minimum Gasteiger partial charge on any atom is -0.497 e. The number of benzene rings is 14. The van der Waals surface area contributed by atoms with Crippen LogP contribution >= 0.6 is 0 Å². The number of methoxy groups -OCH3 is 3. The number of ketones is 1. The predicted molar refractivity (Wildman–Crippen MR) is 427 cm³/mol. The summed E-state index contributed by atoms with van der Waals surface area (Å²) in [6.07, 6.45) is 0. The Bertz CT molecular complexity index is 5540. The Morgan fingerprint density at radius 2 is 0.694 bits per heavy atom. The van der Waals surface area contributed by atoms with E-state index >= 15 is 0 Å². The predicted octanol–water partition coefficient (Wildman–Crippen LogP) is 23.5. The first kappa shape index (κ1) is 71.4. The molecule has 16 rings (SSSR count). The number of nitro benzene ring substituents is 1. The third kappa shape index (κ3) is 13.7. The van der Waals surface area contributed by atoms with Gasteiger partial charge in [0.05, 0.1) is 42.6 Å². The summed E-state index contributed by atoms with van der Waals surface area (Å²) in [6, 6.07) is 111. The van der Waals surface area contributed by atoms with Crippen LogP contribution in [0.4, 0.5) is 5.69 Å². The molecule has 108 heavy (non-hydrogen) atoms. The van der Waals surface area contributed by atoms with Gasteiger partial charge in [0.1, 0.15) is 52.1 Å². The quantitative estimate of drug-likeness (QED) is 0.0463. The molecular formula is C97H78N2O9. The van der Waals surface area contributed by atoms with E-state index in [1.807, 2.05) is 154 Å². The number of fused-ring (bicyclic) bond motifs is 6. The number of aryl methyl sites for hydroxylation is 3. The van der Waals surface area contributed by atoms with Gasteiger partial charge in [0.2, 0.25) is 5.75 Å². The summed E-state index contributed by atoms with van der Waals surface area (Å²) in [4.78, 5) is 23.8. The van der Waals surface area contributed by atoms with Gasteiger partial charge in [-0.05, 0) is 219 Å². The third-order valence-electron chi connectivity index (χ3n) is 20.7. The summed E-state index contributed by atoms with van der Waals surface area (Å²) >= 11 is 0. The number of carbonyl (C=O) groups is 1. The zero-order chi connectivity index (χ0) is 75.1. The van der Waals surface area contributed by atoms with Crippen molar-refractivity contribution in [2.75, 3.05) is 21.3 Å². The van der Waals surface area contributed by atoms with Crippen molar-refractivity contribution in [1.29, 1.82) is 5.26 Å². The van der Waals surface area contributed by atoms with Crippen LogP contribution in [0, 0.1) is 42.2 Å². The second-order valence-corrected chi connectivity index (χ2v) is 27.4. The highest BCUT2D eigenvalue weighted by molar-refractivity contribution is 6.09. The van der Waals surface area contributed by atoms with Gasteiger partial charge in [0.15, 0.2) is 5.78 Å². The summed E-state index contributed by atoms with van der Waals surface area (Å²) in [5.41, 5.74) is 20.2. The zero-order valence-corrected chi connectivity index (χ0v) is 61.2. The van der Waals surface area contributed by atoms with E-state index in [0.29, 0.717) is 39.7 Å². The Morgan fingerprint density at radius 1 is 0.370 bits per heavy atom. The molecule has 11 heteroatoms. The van der Waals surface area contributed by atoms with E-state index in [1.165, 1.54) is 67.3 Å². The second-order valence-electron chi connectivity index (χ2n) is 27.4. The number of hydrogen-bond donors (Lipinski definition) is 0. The molecule has 0 amide bonds. The van der Waals surface area contributed by atoms with E-state index in [9.17, 15) is 20.2 Å². The van der Waals surface area contributed by atoms with Crippen LogP contribution in [-0.4, -0.2) is 32.0 Å². The van der Waals surface area contributed by atoms with Crippen molar-refractivity contribution in [1.82, 2.24) is 0 Å². The van der Waals surface area contributed by atoms with Gasteiger partial charge in [-0.3, -0.25) is 14.9 Å². The molecule has 0 radical (unpaired) electrons. The van der Waals surface area contributed by atoms with E-state index in [1.54, 1.807) is 39.5 Å². The first-order valence-corrected chi connectivity index (χ1v) is 35.7. The summed E-state index contributed by atoms with van der Waals surface area (Å²) in [7, 11) is 5.03. The van der Waals surface area contributed by atoms with Crippen molar-refractivity contribution >= 4 is 11.5 Å². The van der Waals surface area contributed by atoms with Crippen molar-refractivity contribution in [3.05, 3.63) is 427 Å². The van der Waals surface area contributed by atoms with Crippen molar-refractivity contribution < 1.29 is 38.1 Å². The Balaban J connectivity index is 0.000000136. The average Bonchev–Trinajstić information content (AvgIpc) is 1.57. The average molecular weight is 1420 g/mol. The van der Waals surface area contributed by atoms with Gasteiger partial charge >= 0.3 is 5.69 Å². The SMILES string of the molecule is COc1ccc(C(C)(C)c2ccc(Oc3ccc(C(=O)c4ccc(C)cc4)cc3)cc2)cc1.COc1ccc(C2(c3ccc(Oc4ccc(C)cc4[N+](=O)[O-])cc3)c3ccccc3-c3ccccc32)cc1.COc1ccc(C2(c3ccc(Oc4cccc(C)c4C#N)cc3)c3ccccc3-c3ccccc32)cc1. The van der Waals surface area contributed by atoms with Crippen molar-refractivity contribution in [2.24, 2.45) is 0 Å². The fourth-order valence-electron chi connectivity index (χ4n) is 15.1. The Kier molecular flexibility index (Phi) is 20.3. The molecule has 14 aromatic rings. The summed E-state index contributed by atoms with van der Waals surface area (Å²) in [6.45, 7) is 10.2. The van der Waals surface area contributed by atoms with E-state index < -0.39 is 15.8 Å². The molecule has 0 unspecified atom stereocenters. The molecule has 0 heterocycles. The van der Waals surface area contributed by atoms with Crippen LogP contribution in [-0.2, 0) is 16.2 Å². The highest BCUT2D eigenvalue weighted by atomic mass is 16.6. The smallest absolute Gasteiger partial charge is 0.311 e. The fraction of sp³-hybridized carbons (Fsp3) is 0.113. The monoisotopic (exact) mass is 1410 g/mol. The van der Waals surface area contributed by atoms with Crippen LogP contribution in [0.1, 0.15) is 108 Å². The maximum absolute atomic E-state index is 12.7. The van der Waals surface area contributed by atoms with Crippen molar-refractivity contribution in [2.45, 2.75) is 50.9 Å². The van der Waals surface area contributed by atoms with E-state index in [-0.39, 0.29) is 22.6 Å². The first-order valence-electron chi connectivity index (χ1n) is 35.7. The molecule has 11 nitrogen and oxygen atoms in total. The highest BCUT2D eigenvalue weighted by Crippen LogP contribution is 2.58. The van der Waals surface area contributed by atoms with Gasteiger partial charge < -0.3 is 28.4 Å². The van der Waals surface area contributed by atoms with E-state index in [2.05, 4.69) is 190 Å². The Hall–Kier alpha value is -13.6. The molecule has 0 saturated heterocycles. The van der Waals surface area contributed by atoms with E-state index in [4.69, 9.17) is 28.4 Å². The molecule has 0 N–H and O–H groups in total. The topological polar surface area (TPSA) is 139 Å². The number of nitrogens with zero attached hydrogens (tertiary/aromatic N) is 2. The molecule has 0 bridgehead atoms. The summed E-state index contributed by atoms with van der Waals surface area (Å²) < 4.78 is 34.4. The van der Waals surface area contributed by atoms with Crippen LogP contribution in [0.2, 0.25) is 0 Å². The highest BCUT2D eigenvalue weighted by Gasteiger charge is 2.47. The number of nitro groups is 1. The maximum Gasteiger partial charge on any atom is 0.311 e. The lowest BCUT2D eigenvalue weighted by atomic mass is 9.68. The van der Waals surface area contributed by atoms with Gasteiger partial charge in [0.25, 0.3) is 0 Å². The summed E-state index contributed by atoms with van der Waals surface area (Å²) in [5.74, 6) is 5.93. The van der Waals surface area contributed by atoms with Crippen LogP contribution < -0.4 is 28.4 Å². The Labute approximate surface area is 630 Å². The normalized spacial score (nSPS) is 12.3. The minimum absolute atomic E-state index is 0.00617. The van der Waals surface area contributed by atoms with Gasteiger partial charge in [-0.1, -0.05) is 232 Å².